The minimum atomic E-state index is -0.703. The molecule has 4 nitrogen and oxygen atoms in total. The number of aromatic nitrogens is 1. The van der Waals surface area contributed by atoms with Gasteiger partial charge in [0.05, 0.1) is 22.3 Å². The molecular formula is C20H28N2O2S. The highest BCUT2D eigenvalue weighted by atomic mass is 32.1. The number of hydrogen-bond acceptors (Lipinski definition) is 4. The summed E-state index contributed by atoms with van der Waals surface area (Å²) in [5.74, 6) is -0.0114. The minimum absolute atomic E-state index is 0.0114. The van der Waals surface area contributed by atoms with E-state index in [9.17, 15) is 9.90 Å². The van der Waals surface area contributed by atoms with Crippen LogP contribution >= 0.6 is 11.3 Å². The topological polar surface area (TPSA) is 53.4 Å². The molecule has 0 aliphatic rings. The summed E-state index contributed by atoms with van der Waals surface area (Å²) in [5.41, 5.74) is 2.00. The molecular weight excluding hydrogens is 332 g/mol. The smallest absolute Gasteiger partial charge is 0.254 e. The van der Waals surface area contributed by atoms with Crippen molar-refractivity contribution in [2.75, 3.05) is 7.05 Å². The summed E-state index contributed by atoms with van der Waals surface area (Å²) in [6.45, 7) is 9.65. The average molecular weight is 361 g/mol. The number of nitrogens with zero attached hydrogens (tertiary/aromatic N) is 2. The Labute approximate surface area is 154 Å². The van der Waals surface area contributed by atoms with Crippen LogP contribution in [0.4, 0.5) is 0 Å². The van der Waals surface area contributed by atoms with Crippen LogP contribution in [0.3, 0.4) is 0 Å². The Balaban J connectivity index is 2.15. The Bertz CT molecular complexity index is 746. The molecule has 1 aromatic carbocycles. The third-order valence-electron chi connectivity index (χ3n) is 4.44. The van der Waals surface area contributed by atoms with Crippen molar-refractivity contribution in [3.63, 3.8) is 0 Å². The lowest BCUT2D eigenvalue weighted by atomic mass is 9.97. The maximum Gasteiger partial charge on any atom is 0.254 e. The lowest BCUT2D eigenvalue weighted by molar-refractivity contribution is 0.0714. The van der Waals surface area contributed by atoms with Crippen LogP contribution in [0.1, 0.15) is 64.7 Å². The summed E-state index contributed by atoms with van der Waals surface area (Å²) in [6.07, 6.45) is 1.41. The fourth-order valence-electron chi connectivity index (χ4n) is 2.81. The second kappa shape index (κ2) is 7.67. The van der Waals surface area contributed by atoms with E-state index < -0.39 is 5.60 Å². The van der Waals surface area contributed by atoms with Gasteiger partial charge in [0.15, 0.2) is 0 Å². The van der Waals surface area contributed by atoms with Crippen LogP contribution in [0, 0.1) is 13.8 Å². The molecule has 0 fully saturated rings. The fraction of sp³-hybridized carbons (Fsp3) is 0.500. The highest BCUT2D eigenvalue weighted by molar-refractivity contribution is 7.11. The molecule has 1 atom stereocenters. The Morgan fingerprint density at radius 1 is 1.36 bits per heavy atom. The van der Waals surface area contributed by atoms with Crippen LogP contribution in [0.25, 0.3) is 0 Å². The first kappa shape index (κ1) is 19.6. The molecule has 0 radical (unpaired) electrons. The largest absolute Gasteiger partial charge is 0.390 e. The van der Waals surface area contributed by atoms with E-state index in [2.05, 4.69) is 4.98 Å². The zero-order valence-electron chi connectivity index (χ0n) is 16.0. The molecule has 0 aliphatic heterocycles. The van der Waals surface area contributed by atoms with Crippen LogP contribution in [-0.4, -0.2) is 33.5 Å². The standard InChI is InChI=1S/C20H28N2O2S/c1-13(18-14(2)25-15(3)21-18)22(6)19(23)17-9-7-8-16(12-17)10-11-20(4,5)24/h7-9,12-13,24H,10-11H2,1-6H3/t13-/m1/s1. The highest BCUT2D eigenvalue weighted by Gasteiger charge is 2.23. The van der Waals surface area contributed by atoms with E-state index in [1.165, 1.54) is 0 Å². The lowest BCUT2D eigenvalue weighted by Crippen LogP contribution is -2.30. The van der Waals surface area contributed by atoms with Gasteiger partial charge in [-0.25, -0.2) is 4.98 Å². The number of aryl methyl sites for hydroxylation is 3. The second-order valence-corrected chi connectivity index (χ2v) is 8.69. The molecule has 1 aromatic heterocycles. The highest BCUT2D eigenvalue weighted by Crippen LogP contribution is 2.27. The van der Waals surface area contributed by atoms with E-state index in [-0.39, 0.29) is 11.9 Å². The molecule has 0 spiro atoms. The summed E-state index contributed by atoms with van der Waals surface area (Å²) in [5, 5.41) is 10.9. The predicted octanol–water partition coefficient (Wildman–Crippen LogP) is 4.30. The van der Waals surface area contributed by atoms with Crippen LogP contribution in [0.15, 0.2) is 24.3 Å². The van der Waals surface area contributed by atoms with E-state index in [0.717, 1.165) is 27.6 Å². The van der Waals surface area contributed by atoms with Crippen molar-refractivity contribution in [1.29, 1.82) is 0 Å². The summed E-state index contributed by atoms with van der Waals surface area (Å²) in [6, 6.07) is 7.61. The summed E-state index contributed by atoms with van der Waals surface area (Å²) >= 11 is 1.66. The molecule has 2 rings (SSSR count). The van der Waals surface area contributed by atoms with Crippen molar-refractivity contribution in [2.24, 2.45) is 0 Å². The Morgan fingerprint density at radius 3 is 2.60 bits per heavy atom. The first-order valence-corrected chi connectivity index (χ1v) is 9.42. The SMILES string of the molecule is Cc1nc([C@@H](C)N(C)C(=O)c2cccc(CCC(C)(C)O)c2)c(C)s1. The van der Waals surface area contributed by atoms with Gasteiger partial charge in [-0.2, -0.15) is 0 Å². The third-order valence-corrected chi connectivity index (χ3v) is 5.34. The second-order valence-electron chi connectivity index (χ2n) is 7.28. The lowest BCUT2D eigenvalue weighted by Gasteiger charge is -2.24. The van der Waals surface area contributed by atoms with Gasteiger partial charge < -0.3 is 10.0 Å². The van der Waals surface area contributed by atoms with Crippen molar-refractivity contribution >= 4 is 17.2 Å². The first-order valence-electron chi connectivity index (χ1n) is 8.61. The monoisotopic (exact) mass is 360 g/mol. The van der Waals surface area contributed by atoms with E-state index >= 15 is 0 Å². The molecule has 25 heavy (non-hydrogen) atoms. The molecule has 0 aliphatic carbocycles. The number of hydrogen-bond donors (Lipinski definition) is 1. The molecule has 0 saturated heterocycles. The molecule has 2 aromatic rings. The first-order chi connectivity index (χ1) is 11.6. The van der Waals surface area contributed by atoms with E-state index in [1.54, 1.807) is 30.1 Å². The van der Waals surface area contributed by atoms with Gasteiger partial charge in [-0.15, -0.1) is 11.3 Å². The van der Waals surface area contributed by atoms with Crippen LogP contribution < -0.4 is 0 Å². The predicted molar refractivity (Wildman–Crippen MR) is 103 cm³/mol. The van der Waals surface area contributed by atoms with E-state index in [4.69, 9.17) is 0 Å². The number of rotatable bonds is 6. The van der Waals surface area contributed by atoms with Crippen LogP contribution in [0.5, 0.6) is 0 Å². The average Bonchev–Trinajstić information content (AvgIpc) is 2.89. The fourth-order valence-corrected chi connectivity index (χ4v) is 3.71. The van der Waals surface area contributed by atoms with Gasteiger partial charge in [0.25, 0.3) is 5.91 Å². The zero-order valence-corrected chi connectivity index (χ0v) is 16.8. The number of thiazole rings is 1. The number of aliphatic hydroxyl groups is 1. The normalized spacial score (nSPS) is 12.9. The quantitative estimate of drug-likeness (QED) is 0.836. The molecule has 0 saturated carbocycles. The van der Waals surface area contributed by atoms with Crippen molar-refractivity contribution in [2.45, 2.75) is 59.1 Å². The third kappa shape index (κ3) is 5.13. The number of carbonyl (C=O) groups is 1. The number of carbonyl (C=O) groups excluding carboxylic acids is 1. The Hall–Kier alpha value is -1.72. The van der Waals surface area contributed by atoms with Crippen molar-refractivity contribution < 1.29 is 9.90 Å². The number of amides is 1. The van der Waals surface area contributed by atoms with Gasteiger partial charge in [-0.3, -0.25) is 4.79 Å². The summed E-state index contributed by atoms with van der Waals surface area (Å²) in [7, 11) is 1.82. The Kier molecular flexibility index (Phi) is 6.01. The summed E-state index contributed by atoms with van der Waals surface area (Å²) in [4.78, 5) is 20.4. The van der Waals surface area contributed by atoms with E-state index in [1.807, 2.05) is 52.1 Å². The Morgan fingerprint density at radius 2 is 2.04 bits per heavy atom. The molecule has 1 N–H and O–H groups in total. The molecule has 5 heteroatoms. The summed E-state index contributed by atoms with van der Waals surface area (Å²) < 4.78 is 0. The van der Waals surface area contributed by atoms with Crippen LogP contribution in [-0.2, 0) is 6.42 Å². The minimum Gasteiger partial charge on any atom is -0.390 e. The van der Waals surface area contributed by atoms with Crippen molar-refractivity contribution in [3.8, 4) is 0 Å². The van der Waals surface area contributed by atoms with Gasteiger partial charge in [0.1, 0.15) is 0 Å². The maximum absolute atomic E-state index is 12.9. The molecule has 1 amide bonds. The van der Waals surface area contributed by atoms with Crippen molar-refractivity contribution in [3.05, 3.63) is 51.0 Å². The van der Waals surface area contributed by atoms with Gasteiger partial charge in [-0.05, 0) is 65.2 Å². The zero-order chi connectivity index (χ0) is 18.8. The van der Waals surface area contributed by atoms with Gasteiger partial charge in [-0.1, -0.05) is 12.1 Å². The molecule has 136 valence electrons. The van der Waals surface area contributed by atoms with E-state index in [0.29, 0.717) is 12.0 Å². The van der Waals surface area contributed by atoms with Crippen molar-refractivity contribution in [1.82, 2.24) is 9.88 Å². The molecule has 1 heterocycles. The number of benzene rings is 1. The van der Waals surface area contributed by atoms with Gasteiger partial charge >= 0.3 is 0 Å². The van der Waals surface area contributed by atoms with Crippen LogP contribution in [0.2, 0.25) is 0 Å². The van der Waals surface area contributed by atoms with Gasteiger partial charge in [0, 0.05) is 17.5 Å². The maximum atomic E-state index is 12.9. The van der Waals surface area contributed by atoms with Gasteiger partial charge in [0.2, 0.25) is 0 Å². The molecule has 0 bridgehead atoms. The molecule has 0 unspecified atom stereocenters.